The summed E-state index contributed by atoms with van der Waals surface area (Å²) in [5.74, 6) is -0.878. The van der Waals surface area contributed by atoms with Gasteiger partial charge in [0.05, 0.1) is 0 Å². The Morgan fingerprint density at radius 1 is 1.15 bits per heavy atom. The minimum Gasteiger partial charge on any atom is -0.508 e. The van der Waals surface area contributed by atoms with Gasteiger partial charge in [0.1, 0.15) is 17.4 Å². The summed E-state index contributed by atoms with van der Waals surface area (Å²) >= 11 is 3.36. The van der Waals surface area contributed by atoms with E-state index >= 15 is 0 Å². The van der Waals surface area contributed by atoms with Crippen molar-refractivity contribution in [3.05, 3.63) is 63.6 Å². The Labute approximate surface area is 124 Å². The molecular formula is C15H14BrF2NO. The predicted molar refractivity (Wildman–Crippen MR) is 77.4 cm³/mol. The topological polar surface area (TPSA) is 32.3 Å². The molecule has 0 saturated carbocycles. The lowest BCUT2D eigenvalue weighted by molar-refractivity contribution is 0.446. The molecule has 0 bridgehead atoms. The monoisotopic (exact) mass is 341 g/mol. The van der Waals surface area contributed by atoms with Crippen LogP contribution in [0.2, 0.25) is 0 Å². The van der Waals surface area contributed by atoms with Gasteiger partial charge >= 0.3 is 0 Å². The van der Waals surface area contributed by atoms with Crippen LogP contribution in [0.15, 0.2) is 40.9 Å². The third kappa shape index (κ3) is 3.55. The number of nitrogens with one attached hydrogen (secondary N) is 1. The molecule has 2 nitrogen and oxygen atoms in total. The van der Waals surface area contributed by atoms with Crippen LogP contribution >= 0.6 is 15.9 Å². The van der Waals surface area contributed by atoms with E-state index in [0.717, 1.165) is 16.1 Å². The van der Waals surface area contributed by atoms with Crippen LogP contribution in [0.5, 0.6) is 5.75 Å². The Hall–Kier alpha value is -1.46. The largest absolute Gasteiger partial charge is 0.508 e. The molecule has 2 aromatic carbocycles. The first-order valence-electron chi connectivity index (χ1n) is 6.13. The summed E-state index contributed by atoms with van der Waals surface area (Å²) in [5.41, 5.74) is 1.37. The number of benzene rings is 2. The van der Waals surface area contributed by atoms with E-state index in [0.29, 0.717) is 12.1 Å². The quantitative estimate of drug-likeness (QED) is 0.869. The van der Waals surface area contributed by atoms with Gasteiger partial charge in [-0.2, -0.15) is 0 Å². The van der Waals surface area contributed by atoms with Gasteiger partial charge in [-0.15, -0.1) is 0 Å². The lowest BCUT2D eigenvalue weighted by Crippen LogP contribution is -2.18. The maximum absolute atomic E-state index is 13.2. The number of hydrogen-bond donors (Lipinski definition) is 2. The third-order valence-electron chi connectivity index (χ3n) is 3.07. The molecule has 0 aliphatic rings. The fraction of sp³-hybridized carbons (Fsp3) is 0.200. The van der Waals surface area contributed by atoms with E-state index in [1.165, 1.54) is 24.3 Å². The summed E-state index contributed by atoms with van der Waals surface area (Å²) in [6.45, 7) is 2.27. The predicted octanol–water partition coefficient (Wildman–Crippen LogP) is 4.28. The minimum atomic E-state index is -0.480. The van der Waals surface area contributed by atoms with Gasteiger partial charge in [0.2, 0.25) is 0 Å². The maximum atomic E-state index is 13.2. The van der Waals surface area contributed by atoms with Crippen LogP contribution in [0.1, 0.15) is 24.1 Å². The number of hydrogen-bond acceptors (Lipinski definition) is 2. The highest BCUT2D eigenvalue weighted by Gasteiger charge is 2.11. The van der Waals surface area contributed by atoms with Crippen LogP contribution in [0.25, 0.3) is 0 Å². The van der Waals surface area contributed by atoms with Crippen LogP contribution < -0.4 is 5.32 Å². The SMILES string of the molecule is CC(NCc1cc(F)ccc1Br)c1ccc(F)cc1O. The van der Waals surface area contributed by atoms with E-state index in [1.54, 1.807) is 6.07 Å². The van der Waals surface area contributed by atoms with E-state index in [9.17, 15) is 13.9 Å². The fourth-order valence-electron chi connectivity index (χ4n) is 1.93. The molecule has 0 aromatic heterocycles. The van der Waals surface area contributed by atoms with Crippen LogP contribution in [0.3, 0.4) is 0 Å². The average molecular weight is 342 g/mol. The molecule has 106 valence electrons. The van der Waals surface area contributed by atoms with Crippen LogP contribution in [-0.2, 0) is 6.54 Å². The zero-order valence-corrected chi connectivity index (χ0v) is 12.4. The van der Waals surface area contributed by atoms with Gasteiger partial charge in [0, 0.05) is 28.7 Å². The summed E-state index contributed by atoms with van der Waals surface area (Å²) < 4.78 is 26.9. The van der Waals surface area contributed by atoms with Gasteiger partial charge in [-0.3, -0.25) is 0 Å². The number of aromatic hydroxyl groups is 1. The summed E-state index contributed by atoms with van der Waals surface area (Å²) in [6, 6.07) is 8.18. The van der Waals surface area contributed by atoms with Crippen molar-refractivity contribution >= 4 is 15.9 Å². The van der Waals surface area contributed by atoms with Crippen molar-refractivity contribution in [1.82, 2.24) is 5.32 Å². The highest BCUT2D eigenvalue weighted by atomic mass is 79.9. The molecule has 20 heavy (non-hydrogen) atoms. The van der Waals surface area contributed by atoms with Gasteiger partial charge in [-0.1, -0.05) is 22.0 Å². The van der Waals surface area contributed by atoms with E-state index in [2.05, 4.69) is 21.2 Å². The van der Waals surface area contributed by atoms with E-state index in [-0.39, 0.29) is 17.6 Å². The first-order chi connectivity index (χ1) is 9.47. The molecule has 2 aromatic rings. The first-order valence-corrected chi connectivity index (χ1v) is 6.92. The van der Waals surface area contributed by atoms with Crippen LogP contribution in [0.4, 0.5) is 8.78 Å². The lowest BCUT2D eigenvalue weighted by atomic mass is 10.1. The molecule has 1 unspecified atom stereocenters. The van der Waals surface area contributed by atoms with E-state index in [1.807, 2.05) is 6.92 Å². The lowest BCUT2D eigenvalue weighted by Gasteiger charge is -2.16. The van der Waals surface area contributed by atoms with E-state index in [4.69, 9.17) is 0 Å². The van der Waals surface area contributed by atoms with Crippen molar-refractivity contribution in [3.8, 4) is 5.75 Å². The van der Waals surface area contributed by atoms with Crippen molar-refractivity contribution in [2.24, 2.45) is 0 Å². The summed E-state index contributed by atoms with van der Waals surface area (Å²) in [4.78, 5) is 0. The summed E-state index contributed by atoms with van der Waals surface area (Å²) in [6.07, 6.45) is 0. The molecule has 2 rings (SSSR count). The molecular weight excluding hydrogens is 328 g/mol. The zero-order chi connectivity index (χ0) is 14.7. The van der Waals surface area contributed by atoms with Gasteiger partial charge in [0.25, 0.3) is 0 Å². The second-order valence-electron chi connectivity index (χ2n) is 4.54. The van der Waals surface area contributed by atoms with Gasteiger partial charge < -0.3 is 10.4 Å². The Balaban J connectivity index is 2.08. The molecule has 0 spiro atoms. The first kappa shape index (κ1) is 14.9. The van der Waals surface area contributed by atoms with Crippen molar-refractivity contribution in [2.45, 2.75) is 19.5 Å². The highest BCUT2D eigenvalue weighted by Crippen LogP contribution is 2.25. The van der Waals surface area contributed by atoms with Crippen LogP contribution in [-0.4, -0.2) is 5.11 Å². The molecule has 5 heteroatoms. The number of phenolic OH excluding ortho intramolecular Hbond substituents is 1. The molecule has 0 aliphatic heterocycles. The highest BCUT2D eigenvalue weighted by molar-refractivity contribution is 9.10. The Morgan fingerprint density at radius 2 is 1.80 bits per heavy atom. The van der Waals surface area contributed by atoms with Crippen molar-refractivity contribution in [3.63, 3.8) is 0 Å². The van der Waals surface area contributed by atoms with Crippen molar-refractivity contribution in [2.75, 3.05) is 0 Å². The van der Waals surface area contributed by atoms with Gasteiger partial charge in [-0.05, 0) is 36.8 Å². The second-order valence-corrected chi connectivity index (χ2v) is 5.40. The Kier molecular flexibility index (Phi) is 4.73. The van der Waals surface area contributed by atoms with Crippen molar-refractivity contribution in [1.29, 1.82) is 0 Å². The molecule has 0 heterocycles. The second kappa shape index (κ2) is 6.33. The molecule has 0 fully saturated rings. The van der Waals surface area contributed by atoms with Gasteiger partial charge in [0.15, 0.2) is 0 Å². The number of rotatable bonds is 4. The minimum absolute atomic E-state index is 0.0942. The molecule has 2 N–H and O–H groups in total. The summed E-state index contributed by atoms with van der Waals surface area (Å²) in [5, 5.41) is 12.9. The normalized spacial score (nSPS) is 12.4. The molecule has 0 saturated heterocycles. The number of phenols is 1. The Bertz CT molecular complexity index is 619. The molecule has 0 aliphatic carbocycles. The smallest absolute Gasteiger partial charge is 0.126 e. The molecule has 0 radical (unpaired) electrons. The standard InChI is InChI=1S/C15H14BrF2NO/c1-9(13-4-2-12(18)7-15(13)20)19-8-10-6-11(17)3-5-14(10)16/h2-7,9,19-20H,8H2,1H3. The summed E-state index contributed by atoms with van der Waals surface area (Å²) in [7, 11) is 0. The van der Waals surface area contributed by atoms with Crippen molar-refractivity contribution < 1.29 is 13.9 Å². The van der Waals surface area contributed by atoms with Gasteiger partial charge in [-0.25, -0.2) is 8.78 Å². The molecule has 0 amide bonds. The third-order valence-corrected chi connectivity index (χ3v) is 3.84. The van der Waals surface area contributed by atoms with Crippen LogP contribution in [0, 0.1) is 11.6 Å². The van der Waals surface area contributed by atoms with E-state index < -0.39 is 5.82 Å². The Morgan fingerprint density at radius 3 is 2.50 bits per heavy atom. The number of halogens is 3. The fourth-order valence-corrected chi connectivity index (χ4v) is 2.32. The zero-order valence-electron chi connectivity index (χ0n) is 10.8. The molecule has 1 atom stereocenters. The average Bonchev–Trinajstić information content (AvgIpc) is 2.39. The maximum Gasteiger partial charge on any atom is 0.126 e.